The Morgan fingerprint density at radius 2 is 0.667 bits per heavy atom. The highest BCUT2D eigenvalue weighted by molar-refractivity contribution is 7.03. The van der Waals surface area contributed by atoms with E-state index in [-0.39, 0.29) is 108 Å². The van der Waals surface area contributed by atoms with Gasteiger partial charge in [-0.1, -0.05) is 311 Å². The number of rotatable bonds is 9. The van der Waals surface area contributed by atoms with Crippen molar-refractivity contribution in [1.82, 2.24) is 0 Å². The highest BCUT2D eigenvalue weighted by Gasteiger charge is 2.52. The maximum Gasteiger partial charge on any atom is 0.260 e. The van der Waals surface area contributed by atoms with E-state index in [4.69, 9.17) is 9.47 Å². The molecule has 102 heavy (non-hydrogen) atoms. The fourth-order valence-corrected chi connectivity index (χ4v) is 15.4. The van der Waals surface area contributed by atoms with Gasteiger partial charge >= 0.3 is 0 Å². The van der Waals surface area contributed by atoms with Crippen molar-refractivity contribution in [2.24, 2.45) is 0 Å². The van der Waals surface area contributed by atoms with Crippen LogP contribution in [-0.2, 0) is 16.2 Å². The lowest BCUT2D eigenvalue weighted by Gasteiger charge is -2.48. The normalized spacial score (nSPS) is 15.3. The van der Waals surface area contributed by atoms with Crippen molar-refractivity contribution in [2.75, 3.05) is 9.80 Å². The van der Waals surface area contributed by atoms with E-state index in [0.717, 1.165) is 50.1 Å². The second-order valence-electron chi connectivity index (χ2n) is 29.9. The van der Waals surface area contributed by atoms with Crippen LogP contribution in [0.3, 0.4) is 0 Å². The van der Waals surface area contributed by atoms with Gasteiger partial charge in [0, 0.05) is 56.5 Å². The minimum atomic E-state index is -1.57. The predicted octanol–water partition coefficient (Wildman–Crippen LogP) is 22.1. The molecule has 0 saturated carbocycles. The van der Waals surface area contributed by atoms with E-state index < -0.39 is 96.1 Å². The highest BCUT2D eigenvalue weighted by Crippen LogP contribution is 2.57. The van der Waals surface area contributed by atoms with Crippen LogP contribution in [0.15, 0.2) is 309 Å². The number of fused-ring (bicyclic) bond motifs is 9. The number of anilines is 6. The number of hydrogen-bond acceptors (Lipinski definition) is 4. The standard InChI is InChI=1S/C96H78B2N2O2/c1-94(2,3)68-54-73(63-37-20-12-21-38-63)91(74(55-68)64-39-22-13-23-40-64)99-80-52-51-67(87-71(61-33-16-10-17-34-61)45-32-46-72(87)62-35-18-11-19-36-62)53-79(80)98-88-81(99)58-70(96(7,8)9)59-82(88)100(92-75(65-41-24-14-25-42-65)56-69(95(4,5)6)57-76(92)66-43-26-15-27-44-66)83-60-86-90-93(89(83)98)102-85-50-31-29-48-78(85)97(90)77-47-28-30-49-84(77)101-86/h10-60H,1-9H3/i28D,29D,30D,31D,32D,45D,46D,47D,48D,49D,50D,51D,52D,53D,60D. The number of ether oxygens (including phenoxy) is 2. The molecule has 0 N–H and O–H groups in total. The van der Waals surface area contributed by atoms with E-state index >= 15 is 0 Å². The Kier molecular flexibility index (Phi) is 11.4. The fourth-order valence-electron chi connectivity index (χ4n) is 15.4. The van der Waals surface area contributed by atoms with Gasteiger partial charge in [0.2, 0.25) is 0 Å². The second-order valence-corrected chi connectivity index (χ2v) is 29.9. The molecular formula is C96H78B2N2O2. The van der Waals surface area contributed by atoms with Crippen LogP contribution >= 0.6 is 0 Å². The van der Waals surface area contributed by atoms with Crippen LogP contribution in [0.2, 0.25) is 0 Å². The average molecular weight is 1330 g/mol. The summed E-state index contributed by atoms with van der Waals surface area (Å²) in [6, 6.07) is 63.4. The third kappa shape index (κ3) is 10.4. The van der Waals surface area contributed by atoms with Crippen molar-refractivity contribution in [1.29, 1.82) is 0 Å². The summed E-state index contributed by atoms with van der Waals surface area (Å²) < 4.78 is 169. The molecule has 0 saturated heterocycles. The van der Waals surface area contributed by atoms with Crippen molar-refractivity contribution in [3.05, 3.63) is 326 Å². The Labute approximate surface area is 622 Å². The third-order valence-electron chi connectivity index (χ3n) is 20.5. The van der Waals surface area contributed by atoms with Crippen LogP contribution in [0.5, 0.6) is 23.0 Å². The molecule has 0 fully saturated rings. The zero-order valence-corrected chi connectivity index (χ0v) is 58.2. The van der Waals surface area contributed by atoms with Gasteiger partial charge in [-0.15, -0.1) is 0 Å². The SMILES string of the molecule is [2H]c1c([2H])c([2H])c2c(c1[2H])Oc1c([2H])c3c(c4c1B2c1c([2H])c([2H])c([2H])c([2H])c1O4)B1c2c(cc(C(C)(C)C)cc2N3c2c(-c3ccccc3)cc(C(C)(C)C)cc2-c2ccccc2)N(c2c(-c3ccccc3)cc(C(C)(C)C)cc2-c2ccccc2)c2c([2H])c([2H])c(-c3c(-c4ccccc4)c([2H])c([2H])c([2H])c3-c3ccccc3)c([2H])c21. The Morgan fingerprint density at radius 1 is 0.294 bits per heavy atom. The van der Waals surface area contributed by atoms with Crippen molar-refractivity contribution in [3.63, 3.8) is 0 Å². The molecule has 4 aliphatic rings. The van der Waals surface area contributed by atoms with E-state index in [1.54, 1.807) is 48.5 Å². The zero-order valence-electron chi connectivity index (χ0n) is 73.2. The van der Waals surface area contributed by atoms with Crippen LogP contribution in [0.1, 0.15) is 99.6 Å². The van der Waals surface area contributed by atoms with Gasteiger partial charge in [0.1, 0.15) is 23.0 Å². The van der Waals surface area contributed by atoms with Crippen LogP contribution in [-0.4, -0.2) is 13.4 Å². The zero-order chi connectivity index (χ0) is 82.4. The van der Waals surface area contributed by atoms with Crippen LogP contribution in [0.25, 0.3) is 77.9 Å². The molecule has 0 radical (unpaired) electrons. The Balaban J connectivity index is 1.14. The molecule has 4 aliphatic heterocycles. The van der Waals surface area contributed by atoms with E-state index in [0.29, 0.717) is 50.5 Å². The Morgan fingerprint density at radius 3 is 1.08 bits per heavy atom. The molecule has 0 atom stereocenters. The molecule has 490 valence electrons. The third-order valence-corrected chi connectivity index (χ3v) is 20.5. The molecule has 18 rings (SSSR count). The minimum absolute atomic E-state index is 0.00406. The number of benzene rings is 14. The maximum absolute atomic E-state index is 12.1. The first-order valence-corrected chi connectivity index (χ1v) is 34.8. The largest absolute Gasteiger partial charge is 0.459 e. The van der Waals surface area contributed by atoms with Gasteiger partial charge in [0.05, 0.1) is 31.9 Å². The summed E-state index contributed by atoms with van der Waals surface area (Å²) in [5.74, 6) is -1.11. The van der Waals surface area contributed by atoms with Crippen molar-refractivity contribution in [2.45, 2.75) is 78.6 Å². The monoisotopic (exact) mass is 1330 g/mol. The lowest BCUT2D eigenvalue weighted by molar-refractivity contribution is 0.467. The highest BCUT2D eigenvalue weighted by atomic mass is 16.5. The van der Waals surface area contributed by atoms with Crippen molar-refractivity contribution < 1.29 is 30.0 Å². The predicted molar refractivity (Wildman–Crippen MR) is 432 cm³/mol. The van der Waals surface area contributed by atoms with Gasteiger partial charge < -0.3 is 19.3 Å². The van der Waals surface area contributed by atoms with Gasteiger partial charge in [0.15, 0.2) is 0 Å². The van der Waals surface area contributed by atoms with Gasteiger partial charge in [-0.25, -0.2) is 0 Å². The molecule has 14 aromatic rings. The first kappa shape index (κ1) is 48.2. The molecule has 0 bridgehead atoms. The molecule has 4 nitrogen and oxygen atoms in total. The van der Waals surface area contributed by atoms with Crippen molar-refractivity contribution in [3.8, 4) is 101 Å². The maximum atomic E-state index is 12.1. The first-order valence-electron chi connectivity index (χ1n) is 42.3. The second kappa shape index (κ2) is 24.1. The summed E-state index contributed by atoms with van der Waals surface area (Å²) in [6.45, 7) is 16.3. The molecule has 0 spiro atoms. The molecule has 4 heterocycles. The smallest absolute Gasteiger partial charge is 0.260 e. The molecule has 0 aliphatic carbocycles. The molecule has 6 heteroatoms. The number of hydrogen-bond donors (Lipinski definition) is 0. The summed E-state index contributed by atoms with van der Waals surface area (Å²) in [7, 11) is 0. The van der Waals surface area contributed by atoms with E-state index in [9.17, 15) is 20.6 Å². The summed E-state index contributed by atoms with van der Waals surface area (Å²) in [5, 5.41) is 0. The van der Waals surface area contributed by atoms with Crippen molar-refractivity contribution >= 4 is 80.3 Å². The topological polar surface area (TPSA) is 24.9 Å². The summed E-state index contributed by atoms with van der Waals surface area (Å²) >= 11 is 0. The molecule has 0 unspecified atom stereocenters. The van der Waals surface area contributed by atoms with E-state index in [1.807, 2.05) is 109 Å². The number of para-hydroxylation sites is 2. The van der Waals surface area contributed by atoms with Crippen LogP contribution in [0, 0.1) is 0 Å². The van der Waals surface area contributed by atoms with E-state index in [2.05, 4.69) is 133 Å². The van der Waals surface area contributed by atoms with Crippen LogP contribution < -0.4 is 52.1 Å². The number of nitrogens with zero attached hydrogens (tertiary/aromatic N) is 2. The fraction of sp³-hybridized carbons (Fsp3) is 0.125. The van der Waals surface area contributed by atoms with Crippen LogP contribution in [0.4, 0.5) is 34.1 Å². The molecule has 0 aromatic heterocycles. The van der Waals surface area contributed by atoms with E-state index in [1.165, 1.54) is 0 Å². The van der Waals surface area contributed by atoms with Gasteiger partial charge in [-0.05, 0) is 170 Å². The molecule has 0 amide bonds. The minimum Gasteiger partial charge on any atom is -0.459 e. The lowest BCUT2D eigenvalue weighted by Crippen LogP contribution is -2.65. The van der Waals surface area contributed by atoms with Gasteiger partial charge in [-0.2, -0.15) is 0 Å². The van der Waals surface area contributed by atoms with Gasteiger partial charge in [-0.3, -0.25) is 0 Å². The summed E-state index contributed by atoms with van der Waals surface area (Å²) in [6.07, 6.45) is 0. The summed E-state index contributed by atoms with van der Waals surface area (Å²) in [4.78, 5) is 4.14. The molecular weight excluding hydrogens is 1230 g/mol. The van der Waals surface area contributed by atoms with Gasteiger partial charge in [0.25, 0.3) is 13.4 Å². The summed E-state index contributed by atoms with van der Waals surface area (Å²) in [5.41, 5.74) is 10.6. The lowest BCUT2D eigenvalue weighted by atomic mass is 9.30. The first-order chi connectivity index (χ1) is 55.8. The Hall–Kier alpha value is -11.6. The Bertz CT molecular complexity index is 6370. The molecule has 14 aromatic carbocycles. The average Bonchev–Trinajstić information content (AvgIpc) is 0.662. The quantitative estimate of drug-likeness (QED) is 0.135.